The van der Waals surface area contributed by atoms with Gasteiger partial charge in [0.05, 0.1) is 5.69 Å². The fraction of sp³-hybridized carbons (Fsp3) is 0.0857. The molecule has 178 valence electrons. The molecule has 1 aromatic heterocycles. The summed E-state index contributed by atoms with van der Waals surface area (Å²) in [6.45, 7) is 4.46. The first-order chi connectivity index (χ1) is 18.2. The van der Waals surface area contributed by atoms with E-state index in [4.69, 9.17) is 4.42 Å². The summed E-state index contributed by atoms with van der Waals surface area (Å²) in [5, 5.41) is 11.0. The van der Waals surface area contributed by atoms with Gasteiger partial charge in [-0.1, -0.05) is 105 Å². The third-order valence-corrected chi connectivity index (χ3v) is 7.40. The van der Waals surface area contributed by atoms with Crippen LogP contribution in [0.3, 0.4) is 0 Å². The van der Waals surface area contributed by atoms with E-state index in [1.807, 2.05) is 0 Å². The molecular formula is C35H27NO. The van der Waals surface area contributed by atoms with Gasteiger partial charge in [-0.15, -0.1) is 0 Å². The molecule has 0 fully saturated rings. The van der Waals surface area contributed by atoms with Crippen molar-refractivity contribution in [3.05, 3.63) is 121 Å². The van der Waals surface area contributed by atoms with Crippen LogP contribution >= 0.6 is 0 Å². The van der Waals surface area contributed by atoms with E-state index in [-0.39, 0.29) is 0 Å². The molecule has 1 heterocycles. The molecule has 37 heavy (non-hydrogen) atoms. The molecule has 0 aliphatic carbocycles. The molecule has 0 saturated heterocycles. The van der Waals surface area contributed by atoms with Crippen molar-refractivity contribution in [2.24, 2.45) is 0 Å². The van der Waals surface area contributed by atoms with Crippen LogP contribution in [-0.4, -0.2) is 0 Å². The molecule has 2 nitrogen and oxygen atoms in total. The van der Waals surface area contributed by atoms with Crippen molar-refractivity contribution in [2.75, 3.05) is 5.32 Å². The predicted octanol–water partition coefficient (Wildman–Crippen LogP) is 10.4. The monoisotopic (exact) mass is 477 g/mol. The Morgan fingerprint density at radius 1 is 0.568 bits per heavy atom. The fourth-order valence-corrected chi connectivity index (χ4v) is 5.55. The minimum atomic E-state index is 0.359. The second-order valence-corrected chi connectivity index (χ2v) is 10.1. The molecule has 6 aromatic carbocycles. The largest absolute Gasteiger partial charge is 0.454 e. The van der Waals surface area contributed by atoms with Crippen LogP contribution in [-0.2, 0) is 0 Å². The lowest BCUT2D eigenvalue weighted by atomic mass is 9.95. The molecule has 0 spiro atoms. The van der Waals surface area contributed by atoms with Crippen LogP contribution in [0.25, 0.3) is 54.6 Å². The number of hydrogen-bond acceptors (Lipinski definition) is 2. The van der Waals surface area contributed by atoms with Crippen molar-refractivity contribution in [1.82, 2.24) is 0 Å². The smallest absolute Gasteiger partial charge is 0.158 e. The van der Waals surface area contributed by atoms with Gasteiger partial charge in [-0.2, -0.15) is 0 Å². The molecule has 0 amide bonds. The van der Waals surface area contributed by atoms with E-state index in [1.54, 1.807) is 0 Å². The normalized spacial score (nSPS) is 11.8. The standard InChI is InChI=1S/C35H27NO/c1-22(2)30-21-25-12-5-6-14-28(25)33-29-15-9-17-32(34(29)37-35(30)33)36-31-16-8-7-13-27(31)26-19-18-23-10-3-4-11-24(23)20-26/h3-22,36H,1-2H3. The zero-order valence-corrected chi connectivity index (χ0v) is 21.0. The Balaban J connectivity index is 1.41. The van der Waals surface area contributed by atoms with Gasteiger partial charge in [0, 0.05) is 22.0 Å². The van der Waals surface area contributed by atoms with Crippen molar-refractivity contribution in [1.29, 1.82) is 0 Å². The predicted molar refractivity (Wildman–Crippen MR) is 158 cm³/mol. The molecule has 7 rings (SSSR count). The third-order valence-electron chi connectivity index (χ3n) is 7.40. The zero-order valence-electron chi connectivity index (χ0n) is 21.0. The Bertz CT molecular complexity index is 1940. The number of rotatable bonds is 4. The number of fused-ring (bicyclic) bond motifs is 6. The van der Waals surface area contributed by atoms with Gasteiger partial charge in [0.1, 0.15) is 5.58 Å². The first-order valence-electron chi connectivity index (χ1n) is 12.9. The summed E-state index contributed by atoms with van der Waals surface area (Å²) in [4.78, 5) is 0. The number of nitrogens with one attached hydrogen (secondary N) is 1. The van der Waals surface area contributed by atoms with E-state index in [1.165, 1.54) is 38.1 Å². The van der Waals surface area contributed by atoms with Gasteiger partial charge in [-0.25, -0.2) is 0 Å². The molecule has 7 aromatic rings. The summed E-state index contributed by atoms with van der Waals surface area (Å²) in [5.41, 5.74) is 7.50. The van der Waals surface area contributed by atoms with Gasteiger partial charge >= 0.3 is 0 Å². The maximum absolute atomic E-state index is 6.70. The highest BCUT2D eigenvalue weighted by Crippen LogP contribution is 2.42. The summed E-state index contributed by atoms with van der Waals surface area (Å²) in [6.07, 6.45) is 0. The lowest BCUT2D eigenvalue weighted by molar-refractivity contribution is 0.658. The lowest BCUT2D eigenvalue weighted by Crippen LogP contribution is -1.93. The molecule has 0 bridgehead atoms. The highest BCUT2D eigenvalue weighted by Gasteiger charge is 2.19. The Labute approximate surface area is 216 Å². The molecule has 1 N–H and O–H groups in total. The summed E-state index contributed by atoms with van der Waals surface area (Å²) in [6, 6.07) is 40.9. The Hall–Kier alpha value is -4.56. The van der Waals surface area contributed by atoms with Gasteiger partial charge in [0.15, 0.2) is 5.58 Å². The van der Waals surface area contributed by atoms with E-state index >= 15 is 0 Å². The van der Waals surface area contributed by atoms with E-state index in [0.29, 0.717) is 5.92 Å². The third kappa shape index (κ3) is 3.56. The molecule has 0 radical (unpaired) electrons. The Morgan fingerprint density at radius 3 is 2.14 bits per heavy atom. The average molecular weight is 478 g/mol. The number of furan rings is 1. The Kier molecular flexibility index (Phi) is 5.00. The summed E-state index contributed by atoms with van der Waals surface area (Å²) in [7, 11) is 0. The minimum absolute atomic E-state index is 0.359. The van der Waals surface area contributed by atoms with E-state index in [2.05, 4.69) is 134 Å². The van der Waals surface area contributed by atoms with Crippen molar-refractivity contribution in [3.63, 3.8) is 0 Å². The highest BCUT2D eigenvalue weighted by atomic mass is 16.3. The molecule has 0 saturated carbocycles. The number of anilines is 2. The second kappa shape index (κ2) is 8.53. The van der Waals surface area contributed by atoms with Crippen LogP contribution < -0.4 is 5.32 Å². The van der Waals surface area contributed by atoms with Crippen molar-refractivity contribution in [3.8, 4) is 11.1 Å². The lowest BCUT2D eigenvalue weighted by Gasteiger charge is -2.13. The molecule has 0 atom stereocenters. The van der Waals surface area contributed by atoms with Crippen LogP contribution in [0.4, 0.5) is 11.4 Å². The van der Waals surface area contributed by atoms with Crippen LogP contribution in [0.1, 0.15) is 25.3 Å². The highest BCUT2D eigenvalue weighted by molar-refractivity contribution is 6.21. The first-order valence-corrected chi connectivity index (χ1v) is 12.9. The number of hydrogen-bond donors (Lipinski definition) is 1. The van der Waals surface area contributed by atoms with Gasteiger partial charge < -0.3 is 9.73 Å². The molecule has 2 heteroatoms. The van der Waals surface area contributed by atoms with E-state index in [0.717, 1.165) is 33.5 Å². The van der Waals surface area contributed by atoms with E-state index < -0.39 is 0 Å². The summed E-state index contributed by atoms with van der Waals surface area (Å²) < 4.78 is 6.70. The zero-order chi connectivity index (χ0) is 24.9. The molecule has 0 aliphatic heterocycles. The molecule has 0 aliphatic rings. The van der Waals surface area contributed by atoms with Crippen molar-refractivity contribution < 1.29 is 4.42 Å². The van der Waals surface area contributed by atoms with Crippen LogP contribution in [0.2, 0.25) is 0 Å². The molecular weight excluding hydrogens is 450 g/mol. The van der Waals surface area contributed by atoms with Crippen molar-refractivity contribution >= 4 is 54.9 Å². The average Bonchev–Trinajstić information content (AvgIpc) is 3.33. The topological polar surface area (TPSA) is 25.2 Å². The number of benzene rings is 6. The van der Waals surface area contributed by atoms with Crippen LogP contribution in [0.15, 0.2) is 120 Å². The second-order valence-electron chi connectivity index (χ2n) is 10.1. The van der Waals surface area contributed by atoms with Crippen molar-refractivity contribution in [2.45, 2.75) is 19.8 Å². The van der Waals surface area contributed by atoms with Gasteiger partial charge in [-0.3, -0.25) is 0 Å². The quantitative estimate of drug-likeness (QED) is 0.273. The Morgan fingerprint density at radius 2 is 1.27 bits per heavy atom. The van der Waals surface area contributed by atoms with E-state index in [9.17, 15) is 0 Å². The van der Waals surface area contributed by atoms with Gasteiger partial charge in [-0.05, 0) is 62.9 Å². The van der Waals surface area contributed by atoms with Crippen LogP contribution in [0, 0.1) is 0 Å². The first kappa shape index (κ1) is 21.7. The van der Waals surface area contributed by atoms with Gasteiger partial charge in [0.2, 0.25) is 0 Å². The van der Waals surface area contributed by atoms with Crippen LogP contribution in [0.5, 0.6) is 0 Å². The fourth-order valence-electron chi connectivity index (χ4n) is 5.55. The maximum atomic E-state index is 6.70. The summed E-state index contributed by atoms with van der Waals surface area (Å²) in [5.74, 6) is 0.359. The summed E-state index contributed by atoms with van der Waals surface area (Å²) >= 11 is 0. The maximum Gasteiger partial charge on any atom is 0.158 e. The minimum Gasteiger partial charge on any atom is -0.454 e. The van der Waals surface area contributed by atoms with Gasteiger partial charge in [0.25, 0.3) is 0 Å². The molecule has 0 unspecified atom stereocenters. The number of para-hydroxylation sites is 2. The SMILES string of the molecule is CC(C)c1cc2ccccc2c2c1oc1c(Nc3ccccc3-c3ccc4ccccc4c3)cccc12.